The number of carbonyl (C=O) groups excluding carboxylic acids is 2. The summed E-state index contributed by atoms with van der Waals surface area (Å²) in [7, 11) is 0. The number of benzene rings is 3. The Labute approximate surface area is 198 Å². The first kappa shape index (κ1) is 21.6. The molecular formula is C28H26N4O2. The van der Waals surface area contributed by atoms with Crippen molar-refractivity contribution in [1.29, 1.82) is 0 Å². The third-order valence-electron chi connectivity index (χ3n) is 6.28. The van der Waals surface area contributed by atoms with E-state index < -0.39 is 6.04 Å². The van der Waals surface area contributed by atoms with Crippen LogP contribution in [-0.2, 0) is 4.79 Å². The Morgan fingerprint density at radius 3 is 2.35 bits per heavy atom. The zero-order valence-corrected chi connectivity index (χ0v) is 19.4. The second-order valence-electron chi connectivity index (χ2n) is 8.79. The van der Waals surface area contributed by atoms with Gasteiger partial charge in [0.05, 0.1) is 11.4 Å². The van der Waals surface area contributed by atoms with Crippen molar-refractivity contribution in [2.75, 3.05) is 5.32 Å². The van der Waals surface area contributed by atoms with E-state index in [2.05, 4.69) is 10.6 Å². The molecule has 0 spiro atoms. The van der Waals surface area contributed by atoms with E-state index in [-0.39, 0.29) is 17.7 Å². The highest BCUT2D eigenvalue weighted by Gasteiger charge is 2.41. The normalized spacial score (nSPS) is 17.1. The van der Waals surface area contributed by atoms with Crippen LogP contribution in [0.25, 0.3) is 5.69 Å². The standard InChI is InChI=1S/C28H26N4O2/c1-17-12-14-20(15-13-17)24-23-19(3)31-32(22-10-5-4-6-11-22)26(23)30-28(34)25(24)29-27(33)21-9-7-8-18(2)16-21/h4-16,24-25H,1-3H3,(H,29,33)(H,30,34)/t24-,25-/m1/s1. The minimum atomic E-state index is -0.782. The Kier molecular flexibility index (Phi) is 5.49. The van der Waals surface area contributed by atoms with Gasteiger partial charge in [-0.2, -0.15) is 5.10 Å². The zero-order chi connectivity index (χ0) is 23.8. The van der Waals surface area contributed by atoms with Crippen LogP contribution in [0.15, 0.2) is 78.9 Å². The fourth-order valence-corrected chi connectivity index (χ4v) is 4.59. The molecule has 0 fully saturated rings. The van der Waals surface area contributed by atoms with Gasteiger partial charge in [0.25, 0.3) is 5.91 Å². The van der Waals surface area contributed by atoms with Crippen molar-refractivity contribution in [1.82, 2.24) is 15.1 Å². The van der Waals surface area contributed by atoms with E-state index in [9.17, 15) is 9.59 Å². The monoisotopic (exact) mass is 450 g/mol. The number of para-hydroxylation sites is 1. The molecule has 2 amide bonds. The molecule has 0 unspecified atom stereocenters. The predicted octanol–water partition coefficient (Wildman–Crippen LogP) is 4.68. The molecule has 0 radical (unpaired) electrons. The van der Waals surface area contributed by atoms with Gasteiger partial charge in [-0.3, -0.25) is 9.59 Å². The van der Waals surface area contributed by atoms with Gasteiger partial charge in [-0.05, 0) is 50.6 Å². The first-order valence-electron chi connectivity index (χ1n) is 11.3. The van der Waals surface area contributed by atoms with Crippen LogP contribution >= 0.6 is 0 Å². The highest BCUT2D eigenvalue weighted by atomic mass is 16.2. The molecule has 1 aromatic heterocycles. The van der Waals surface area contributed by atoms with E-state index in [4.69, 9.17) is 5.10 Å². The number of nitrogens with one attached hydrogen (secondary N) is 2. The molecule has 1 aliphatic heterocycles. The number of aryl methyl sites for hydroxylation is 3. The molecule has 0 saturated heterocycles. The maximum absolute atomic E-state index is 13.5. The van der Waals surface area contributed by atoms with Gasteiger partial charge in [-0.15, -0.1) is 0 Å². The fraction of sp³-hybridized carbons (Fsp3) is 0.179. The Morgan fingerprint density at radius 1 is 0.912 bits per heavy atom. The maximum atomic E-state index is 13.5. The molecule has 2 heterocycles. The van der Waals surface area contributed by atoms with E-state index in [1.54, 1.807) is 10.7 Å². The molecule has 0 aliphatic carbocycles. The van der Waals surface area contributed by atoms with E-state index in [0.717, 1.165) is 33.6 Å². The van der Waals surface area contributed by atoms with Crippen molar-refractivity contribution in [3.8, 4) is 5.69 Å². The molecule has 0 saturated carbocycles. The first-order chi connectivity index (χ1) is 16.4. The van der Waals surface area contributed by atoms with Gasteiger partial charge >= 0.3 is 0 Å². The molecular weight excluding hydrogens is 424 g/mol. The van der Waals surface area contributed by atoms with Crippen LogP contribution < -0.4 is 10.6 Å². The van der Waals surface area contributed by atoms with Crippen molar-refractivity contribution in [3.05, 3.63) is 112 Å². The molecule has 170 valence electrons. The largest absolute Gasteiger partial charge is 0.339 e. The number of carbonyl (C=O) groups is 2. The summed E-state index contributed by atoms with van der Waals surface area (Å²) in [6.45, 7) is 5.90. The average molecular weight is 451 g/mol. The van der Waals surface area contributed by atoms with Gasteiger partial charge in [-0.25, -0.2) is 4.68 Å². The lowest BCUT2D eigenvalue weighted by atomic mass is 9.81. The van der Waals surface area contributed by atoms with Crippen molar-refractivity contribution in [3.63, 3.8) is 0 Å². The van der Waals surface area contributed by atoms with Crippen LogP contribution in [-0.4, -0.2) is 27.6 Å². The predicted molar refractivity (Wildman–Crippen MR) is 132 cm³/mol. The summed E-state index contributed by atoms with van der Waals surface area (Å²) in [5.41, 5.74) is 6.16. The van der Waals surface area contributed by atoms with Gasteiger partial charge < -0.3 is 10.6 Å². The number of fused-ring (bicyclic) bond motifs is 1. The molecule has 3 aromatic carbocycles. The SMILES string of the molecule is Cc1ccc([C@@H]2c3c(C)nn(-c4ccccc4)c3NC(=O)[C@@H]2NC(=O)c2cccc(C)c2)cc1. The van der Waals surface area contributed by atoms with Crippen molar-refractivity contribution >= 4 is 17.6 Å². The minimum absolute atomic E-state index is 0.267. The van der Waals surface area contributed by atoms with Crippen molar-refractivity contribution < 1.29 is 9.59 Å². The van der Waals surface area contributed by atoms with Crippen LogP contribution in [0, 0.1) is 20.8 Å². The average Bonchev–Trinajstić information content (AvgIpc) is 3.16. The number of nitrogens with zero attached hydrogens (tertiary/aromatic N) is 2. The van der Waals surface area contributed by atoms with Gasteiger partial charge in [0, 0.05) is 17.0 Å². The van der Waals surface area contributed by atoms with Crippen LogP contribution in [0.2, 0.25) is 0 Å². The lowest BCUT2D eigenvalue weighted by molar-refractivity contribution is -0.118. The number of hydrogen-bond donors (Lipinski definition) is 2. The Bertz CT molecular complexity index is 1370. The van der Waals surface area contributed by atoms with Gasteiger partial charge in [0.2, 0.25) is 5.91 Å². The lowest BCUT2D eigenvalue weighted by Gasteiger charge is -2.33. The summed E-state index contributed by atoms with van der Waals surface area (Å²) >= 11 is 0. The Hall–Kier alpha value is -4.19. The number of rotatable bonds is 4. The van der Waals surface area contributed by atoms with E-state index >= 15 is 0 Å². The van der Waals surface area contributed by atoms with Crippen molar-refractivity contribution in [2.45, 2.75) is 32.7 Å². The lowest BCUT2D eigenvalue weighted by Crippen LogP contribution is -2.50. The molecule has 34 heavy (non-hydrogen) atoms. The highest BCUT2D eigenvalue weighted by Crippen LogP contribution is 2.40. The van der Waals surface area contributed by atoms with Crippen LogP contribution in [0.1, 0.15) is 44.2 Å². The molecule has 1 aliphatic rings. The molecule has 0 bridgehead atoms. The van der Waals surface area contributed by atoms with Crippen LogP contribution in [0.4, 0.5) is 5.82 Å². The quantitative estimate of drug-likeness (QED) is 0.474. The van der Waals surface area contributed by atoms with Crippen LogP contribution in [0.5, 0.6) is 0 Å². The molecule has 4 aromatic rings. The van der Waals surface area contributed by atoms with E-state index in [0.29, 0.717) is 11.4 Å². The zero-order valence-electron chi connectivity index (χ0n) is 19.4. The first-order valence-corrected chi connectivity index (χ1v) is 11.3. The number of anilines is 1. The molecule has 6 nitrogen and oxygen atoms in total. The highest BCUT2D eigenvalue weighted by molar-refractivity contribution is 6.04. The molecule has 2 N–H and O–H groups in total. The summed E-state index contributed by atoms with van der Waals surface area (Å²) in [5.74, 6) is -0.287. The maximum Gasteiger partial charge on any atom is 0.251 e. The van der Waals surface area contributed by atoms with E-state index in [1.807, 2.05) is 93.6 Å². The Balaban J connectivity index is 1.62. The van der Waals surface area contributed by atoms with Crippen LogP contribution in [0.3, 0.4) is 0 Å². The number of amides is 2. The third kappa shape index (κ3) is 3.88. The van der Waals surface area contributed by atoms with Gasteiger partial charge in [0.1, 0.15) is 11.9 Å². The van der Waals surface area contributed by atoms with Crippen molar-refractivity contribution in [2.24, 2.45) is 0 Å². The van der Waals surface area contributed by atoms with Gasteiger partial charge in [0.15, 0.2) is 0 Å². The summed E-state index contributed by atoms with van der Waals surface area (Å²) in [4.78, 5) is 26.6. The molecule has 6 heteroatoms. The fourth-order valence-electron chi connectivity index (χ4n) is 4.59. The summed E-state index contributed by atoms with van der Waals surface area (Å²) in [5, 5.41) is 10.8. The second kappa shape index (κ2) is 8.63. The van der Waals surface area contributed by atoms with E-state index in [1.165, 1.54) is 0 Å². The molecule has 2 atom stereocenters. The summed E-state index contributed by atoms with van der Waals surface area (Å²) in [6.07, 6.45) is 0. The second-order valence-corrected chi connectivity index (χ2v) is 8.79. The van der Waals surface area contributed by atoms with Gasteiger partial charge in [-0.1, -0.05) is 65.7 Å². The third-order valence-corrected chi connectivity index (χ3v) is 6.28. The number of hydrogen-bond acceptors (Lipinski definition) is 3. The molecule has 5 rings (SSSR count). The topological polar surface area (TPSA) is 76.0 Å². The Morgan fingerprint density at radius 2 is 1.65 bits per heavy atom. The smallest absolute Gasteiger partial charge is 0.251 e. The summed E-state index contributed by atoms with van der Waals surface area (Å²) in [6, 6.07) is 24.4. The summed E-state index contributed by atoms with van der Waals surface area (Å²) < 4.78 is 1.77. The minimum Gasteiger partial charge on any atom is -0.339 e. The number of aromatic nitrogens is 2.